The lowest BCUT2D eigenvalue weighted by Gasteiger charge is -2.17. The van der Waals surface area contributed by atoms with E-state index in [1.54, 1.807) is 25.4 Å². The van der Waals surface area contributed by atoms with Crippen LogP contribution in [0.1, 0.15) is 15.9 Å². The lowest BCUT2D eigenvalue weighted by Crippen LogP contribution is -2.43. The summed E-state index contributed by atoms with van der Waals surface area (Å²) in [4.78, 5) is 28.1. The fourth-order valence-corrected chi connectivity index (χ4v) is 2.11. The summed E-state index contributed by atoms with van der Waals surface area (Å²) in [6.45, 7) is 0. The van der Waals surface area contributed by atoms with Gasteiger partial charge in [-0.05, 0) is 29.8 Å². The predicted molar refractivity (Wildman–Crippen MR) is 84.2 cm³/mol. The highest BCUT2D eigenvalue weighted by atomic mass is 16.5. The lowest BCUT2D eigenvalue weighted by atomic mass is 10.1. The summed E-state index contributed by atoms with van der Waals surface area (Å²) in [7, 11) is 2.86. The smallest absolute Gasteiger partial charge is 0.328 e. The summed E-state index contributed by atoms with van der Waals surface area (Å²) in [5.74, 6) is -0.203. The van der Waals surface area contributed by atoms with Gasteiger partial charge in [0.1, 0.15) is 11.8 Å². The summed E-state index contributed by atoms with van der Waals surface area (Å²) >= 11 is 0. The van der Waals surface area contributed by atoms with E-state index in [0.29, 0.717) is 17.7 Å². The number of esters is 1. The highest BCUT2D eigenvalue weighted by molar-refractivity contribution is 5.96. The minimum absolute atomic E-state index is 0.301. The number of nitrogens with one attached hydrogen (secondary N) is 1. The zero-order valence-electron chi connectivity index (χ0n) is 13.0. The summed E-state index contributed by atoms with van der Waals surface area (Å²) in [6.07, 6.45) is 3.32. The second-order valence-electron chi connectivity index (χ2n) is 4.85. The van der Waals surface area contributed by atoms with Crippen molar-refractivity contribution in [2.24, 2.45) is 0 Å². The molecule has 1 heterocycles. The number of nitrogens with zero attached hydrogens (tertiary/aromatic N) is 1. The fraction of sp³-hybridized carbons (Fsp3) is 0.235. The molecule has 0 aliphatic carbocycles. The molecule has 1 amide bonds. The monoisotopic (exact) mass is 314 g/mol. The van der Waals surface area contributed by atoms with Crippen LogP contribution in [0.25, 0.3) is 0 Å². The van der Waals surface area contributed by atoms with Crippen molar-refractivity contribution in [2.75, 3.05) is 14.2 Å². The van der Waals surface area contributed by atoms with Crippen LogP contribution in [0.3, 0.4) is 0 Å². The number of carbonyl (C=O) groups is 2. The number of methoxy groups -OCH3 is 2. The van der Waals surface area contributed by atoms with E-state index < -0.39 is 12.0 Å². The summed E-state index contributed by atoms with van der Waals surface area (Å²) in [5.41, 5.74) is 1.23. The maximum Gasteiger partial charge on any atom is 0.328 e. The summed E-state index contributed by atoms with van der Waals surface area (Å²) < 4.78 is 9.94. The Balaban J connectivity index is 2.14. The number of aromatic nitrogens is 1. The highest BCUT2D eigenvalue weighted by Gasteiger charge is 2.22. The molecule has 2 aromatic rings. The van der Waals surface area contributed by atoms with Crippen LogP contribution in [0.4, 0.5) is 0 Å². The minimum Gasteiger partial charge on any atom is -0.497 e. The lowest BCUT2D eigenvalue weighted by molar-refractivity contribution is -0.142. The first kappa shape index (κ1) is 16.5. The standard InChI is InChI=1S/C17H18N2O4/c1-22-14-7-3-5-12(9-14)10-15(17(21)23-2)19-16(20)13-6-4-8-18-11-13/h3-9,11,15H,10H2,1-2H3,(H,19,20)/t15-/m1/s1. The Bertz CT molecular complexity index is 673. The van der Waals surface area contributed by atoms with E-state index in [9.17, 15) is 9.59 Å². The molecule has 1 N–H and O–H groups in total. The molecule has 1 aromatic carbocycles. The van der Waals surface area contributed by atoms with Crippen molar-refractivity contribution in [3.05, 3.63) is 59.9 Å². The Morgan fingerprint density at radius 1 is 1.22 bits per heavy atom. The van der Waals surface area contributed by atoms with Gasteiger partial charge in [-0.15, -0.1) is 0 Å². The van der Waals surface area contributed by atoms with Crippen LogP contribution in [-0.2, 0) is 16.0 Å². The molecule has 6 nitrogen and oxygen atoms in total. The van der Waals surface area contributed by atoms with Gasteiger partial charge in [0.15, 0.2) is 0 Å². The van der Waals surface area contributed by atoms with Gasteiger partial charge >= 0.3 is 5.97 Å². The molecule has 0 unspecified atom stereocenters. The van der Waals surface area contributed by atoms with E-state index in [4.69, 9.17) is 9.47 Å². The van der Waals surface area contributed by atoms with E-state index in [1.165, 1.54) is 13.3 Å². The quantitative estimate of drug-likeness (QED) is 0.820. The van der Waals surface area contributed by atoms with Crippen molar-refractivity contribution in [1.82, 2.24) is 10.3 Å². The molecule has 2 rings (SSSR count). The number of ether oxygens (including phenoxy) is 2. The molecule has 120 valence electrons. The van der Waals surface area contributed by atoms with Gasteiger partial charge in [0.2, 0.25) is 0 Å². The first-order valence-corrected chi connectivity index (χ1v) is 7.05. The molecule has 0 aliphatic rings. The third-order valence-electron chi connectivity index (χ3n) is 3.29. The van der Waals surface area contributed by atoms with Gasteiger partial charge in [0, 0.05) is 18.8 Å². The van der Waals surface area contributed by atoms with E-state index in [-0.39, 0.29) is 5.91 Å². The first-order valence-electron chi connectivity index (χ1n) is 7.05. The largest absolute Gasteiger partial charge is 0.497 e. The molecular weight excluding hydrogens is 296 g/mol. The van der Waals surface area contributed by atoms with Gasteiger partial charge < -0.3 is 14.8 Å². The zero-order chi connectivity index (χ0) is 16.7. The molecule has 1 aromatic heterocycles. The number of rotatable bonds is 6. The third kappa shape index (κ3) is 4.54. The van der Waals surface area contributed by atoms with E-state index in [1.807, 2.05) is 24.3 Å². The van der Waals surface area contributed by atoms with Crippen LogP contribution in [0.5, 0.6) is 5.75 Å². The molecule has 0 fully saturated rings. The first-order chi connectivity index (χ1) is 11.1. The average Bonchev–Trinajstić information content (AvgIpc) is 2.61. The van der Waals surface area contributed by atoms with E-state index >= 15 is 0 Å². The molecule has 1 atom stereocenters. The fourth-order valence-electron chi connectivity index (χ4n) is 2.11. The van der Waals surface area contributed by atoms with Crippen molar-refractivity contribution in [3.8, 4) is 5.75 Å². The van der Waals surface area contributed by atoms with Crippen molar-refractivity contribution in [1.29, 1.82) is 0 Å². The van der Waals surface area contributed by atoms with Crippen LogP contribution in [0.15, 0.2) is 48.8 Å². The second-order valence-corrected chi connectivity index (χ2v) is 4.85. The molecule has 23 heavy (non-hydrogen) atoms. The summed E-state index contributed by atoms with van der Waals surface area (Å²) in [6, 6.07) is 9.79. The number of amides is 1. The van der Waals surface area contributed by atoms with E-state index in [2.05, 4.69) is 10.3 Å². The molecule has 0 bridgehead atoms. The van der Waals surface area contributed by atoms with Crippen molar-refractivity contribution in [2.45, 2.75) is 12.5 Å². The number of carbonyl (C=O) groups excluding carboxylic acids is 2. The van der Waals surface area contributed by atoms with Crippen LogP contribution in [0, 0.1) is 0 Å². The number of hydrogen-bond acceptors (Lipinski definition) is 5. The van der Waals surface area contributed by atoms with E-state index in [0.717, 1.165) is 5.56 Å². The normalized spacial score (nSPS) is 11.4. The maximum absolute atomic E-state index is 12.2. The maximum atomic E-state index is 12.2. The number of benzene rings is 1. The Morgan fingerprint density at radius 2 is 2.04 bits per heavy atom. The van der Waals surface area contributed by atoms with Gasteiger partial charge in [0.25, 0.3) is 5.91 Å². The van der Waals surface area contributed by atoms with Crippen LogP contribution in [0.2, 0.25) is 0 Å². The zero-order valence-corrected chi connectivity index (χ0v) is 13.0. The third-order valence-corrected chi connectivity index (χ3v) is 3.29. The Kier molecular flexibility index (Phi) is 5.68. The Hall–Kier alpha value is -2.89. The van der Waals surface area contributed by atoms with Gasteiger partial charge in [-0.25, -0.2) is 4.79 Å². The molecule has 6 heteroatoms. The van der Waals surface area contributed by atoms with Gasteiger partial charge in [-0.3, -0.25) is 9.78 Å². The van der Waals surface area contributed by atoms with Crippen LogP contribution < -0.4 is 10.1 Å². The average molecular weight is 314 g/mol. The SMILES string of the molecule is COC(=O)[C@@H](Cc1cccc(OC)c1)NC(=O)c1cccnc1. The van der Waals surface area contributed by atoms with Gasteiger partial charge in [0.05, 0.1) is 19.8 Å². The number of pyridine rings is 1. The molecular formula is C17H18N2O4. The Labute approximate surface area is 134 Å². The van der Waals surface area contributed by atoms with Crippen molar-refractivity contribution in [3.63, 3.8) is 0 Å². The Morgan fingerprint density at radius 3 is 2.70 bits per heavy atom. The van der Waals surface area contributed by atoms with Gasteiger partial charge in [-0.2, -0.15) is 0 Å². The predicted octanol–water partition coefficient (Wildman–Crippen LogP) is 1.60. The summed E-state index contributed by atoms with van der Waals surface area (Å²) in [5, 5.41) is 2.68. The molecule has 0 aliphatic heterocycles. The molecule has 0 saturated carbocycles. The minimum atomic E-state index is -0.792. The highest BCUT2D eigenvalue weighted by Crippen LogP contribution is 2.14. The number of hydrogen-bond donors (Lipinski definition) is 1. The van der Waals surface area contributed by atoms with Gasteiger partial charge in [-0.1, -0.05) is 12.1 Å². The molecule has 0 spiro atoms. The van der Waals surface area contributed by atoms with Crippen LogP contribution in [-0.4, -0.2) is 37.1 Å². The second kappa shape index (κ2) is 7.93. The topological polar surface area (TPSA) is 77.5 Å². The molecule has 0 saturated heterocycles. The molecule has 0 radical (unpaired) electrons. The van der Waals surface area contributed by atoms with Crippen molar-refractivity contribution < 1.29 is 19.1 Å². The van der Waals surface area contributed by atoms with Crippen LogP contribution >= 0.6 is 0 Å². The van der Waals surface area contributed by atoms with Crippen molar-refractivity contribution >= 4 is 11.9 Å².